The number of nitrogens with one attached hydrogen (secondary N) is 1. The Balaban J connectivity index is 3.99. The van der Waals surface area contributed by atoms with E-state index in [1.807, 2.05) is 0 Å². The van der Waals surface area contributed by atoms with Crippen molar-refractivity contribution >= 4 is 11.9 Å². The quantitative estimate of drug-likeness (QED) is 0.320. The van der Waals surface area contributed by atoms with Crippen molar-refractivity contribution in [2.75, 3.05) is 13.2 Å². The highest BCUT2D eigenvalue weighted by Gasteiger charge is 2.19. The van der Waals surface area contributed by atoms with Crippen LogP contribution >= 0.6 is 0 Å². The van der Waals surface area contributed by atoms with E-state index in [2.05, 4.69) is 5.32 Å². The van der Waals surface area contributed by atoms with Crippen LogP contribution in [0.2, 0.25) is 0 Å². The van der Waals surface area contributed by atoms with Gasteiger partial charge in [-0.25, -0.2) is 0 Å². The van der Waals surface area contributed by atoms with Gasteiger partial charge in [-0.3, -0.25) is 9.59 Å². The van der Waals surface area contributed by atoms with Crippen molar-refractivity contribution in [3.63, 3.8) is 0 Å². The third-order valence-electron chi connectivity index (χ3n) is 1.52. The lowest BCUT2D eigenvalue weighted by molar-refractivity contribution is -0.139. The maximum Gasteiger partial charge on any atom is 0.305 e. The number of carboxylic acids is 1. The molecule has 0 aromatic rings. The van der Waals surface area contributed by atoms with Gasteiger partial charge < -0.3 is 26.4 Å². The number of amides is 1. The number of aliphatic carboxylic acids is 1. The molecule has 0 aromatic heterocycles. The number of rotatable bonds is 6. The Hall–Kier alpha value is -1.18. The minimum atomic E-state index is -1.18. The van der Waals surface area contributed by atoms with Crippen molar-refractivity contribution in [2.24, 2.45) is 5.73 Å². The van der Waals surface area contributed by atoms with Gasteiger partial charge in [-0.2, -0.15) is 0 Å². The zero-order valence-electron chi connectivity index (χ0n) is 7.51. The van der Waals surface area contributed by atoms with Crippen LogP contribution in [-0.2, 0) is 9.59 Å². The summed E-state index contributed by atoms with van der Waals surface area (Å²) in [5, 5.41) is 27.7. The molecule has 0 saturated carbocycles. The largest absolute Gasteiger partial charge is 0.481 e. The Bertz CT molecular complexity index is 204. The molecule has 0 aromatic carbocycles. The van der Waals surface area contributed by atoms with Gasteiger partial charge in [0.05, 0.1) is 31.7 Å². The van der Waals surface area contributed by atoms with Crippen LogP contribution in [0.5, 0.6) is 0 Å². The molecule has 0 fully saturated rings. The lowest BCUT2D eigenvalue weighted by atomic mass is 10.2. The number of nitrogens with two attached hydrogens (primary N) is 1. The molecule has 7 nitrogen and oxygen atoms in total. The van der Waals surface area contributed by atoms with Crippen molar-refractivity contribution in [3.05, 3.63) is 0 Å². The zero-order valence-corrected chi connectivity index (χ0v) is 7.51. The average molecular weight is 206 g/mol. The summed E-state index contributed by atoms with van der Waals surface area (Å²) in [6.07, 6.45) is -0.491. The van der Waals surface area contributed by atoms with Crippen LogP contribution in [-0.4, -0.2) is 52.5 Å². The van der Waals surface area contributed by atoms with Gasteiger partial charge in [0, 0.05) is 0 Å². The topological polar surface area (TPSA) is 133 Å². The highest BCUT2D eigenvalue weighted by Crippen LogP contribution is 1.90. The minimum Gasteiger partial charge on any atom is -0.481 e. The molecule has 0 radical (unpaired) electrons. The first kappa shape index (κ1) is 12.8. The predicted molar refractivity (Wildman–Crippen MR) is 46.3 cm³/mol. The van der Waals surface area contributed by atoms with E-state index in [4.69, 9.17) is 21.1 Å². The van der Waals surface area contributed by atoms with E-state index < -0.39 is 43.6 Å². The van der Waals surface area contributed by atoms with E-state index in [-0.39, 0.29) is 0 Å². The molecule has 7 heteroatoms. The lowest BCUT2D eigenvalue weighted by Gasteiger charge is -2.16. The van der Waals surface area contributed by atoms with E-state index in [1.165, 1.54) is 0 Å². The molecule has 0 bridgehead atoms. The van der Waals surface area contributed by atoms with E-state index >= 15 is 0 Å². The average Bonchev–Trinajstić information content (AvgIpc) is 2.12. The number of aliphatic hydroxyl groups excluding tert-OH is 2. The van der Waals surface area contributed by atoms with E-state index in [0.29, 0.717) is 0 Å². The van der Waals surface area contributed by atoms with Gasteiger partial charge >= 0.3 is 5.97 Å². The summed E-state index contributed by atoms with van der Waals surface area (Å²) >= 11 is 0. The molecule has 0 aliphatic heterocycles. The molecule has 0 saturated heterocycles. The van der Waals surface area contributed by atoms with Gasteiger partial charge in [0.25, 0.3) is 0 Å². The maximum atomic E-state index is 11.1. The summed E-state index contributed by atoms with van der Waals surface area (Å²) in [6, 6.07) is -1.98. The number of carboxylic acid groups (broad SMARTS) is 1. The first-order valence-corrected chi connectivity index (χ1v) is 4.00. The third-order valence-corrected chi connectivity index (χ3v) is 1.52. The molecule has 0 unspecified atom stereocenters. The summed E-state index contributed by atoms with van der Waals surface area (Å²) < 4.78 is 0. The monoisotopic (exact) mass is 206 g/mol. The normalized spacial score (nSPS) is 12.6. The molecule has 1 amide bonds. The summed E-state index contributed by atoms with van der Waals surface area (Å²) in [5.74, 6) is -1.89. The maximum absolute atomic E-state index is 11.1. The fourth-order valence-electron chi connectivity index (χ4n) is 0.738. The Morgan fingerprint density at radius 1 is 1.29 bits per heavy atom. The number of carbonyl (C=O) groups excluding carboxylic acids is 1. The van der Waals surface area contributed by atoms with Crippen LogP contribution in [0.4, 0.5) is 0 Å². The van der Waals surface area contributed by atoms with E-state index in [1.54, 1.807) is 0 Å². The summed E-state index contributed by atoms with van der Waals surface area (Å²) in [6.45, 7) is -0.857. The van der Waals surface area contributed by atoms with Gasteiger partial charge in [-0.05, 0) is 0 Å². The van der Waals surface area contributed by atoms with Crippen molar-refractivity contribution in [1.29, 1.82) is 0 Å². The Morgan fingerprint density at radius 3 is 2.14 bits per heavy atom. The molecule has 82 valence electrons. The fourth-order valence-corrected chi connectivity index (χ4v) is 0.738. The van der Waals surface area contributed by atoms with Crippen LogP contribution < -0.4 is 11.1 Å². The smallest absolute Gasteiger partial charge is 0.305 e. The molecular formula is C7H14N2O5. The van der Waals surface area contributed by atoms with Crippen LogP contribution in [0, 0.1) is 0 Å². The summed E-state index contributed by atoms with van der Waals surface area (Å²) in [7, 11) is 0. The molecule has 0 rings (SSSR count). The second-order valence-corrected chi connectivity index (χ2v) is 2.78. The highest BCUT2D eigenvalue weighted by molar-refractivity contribution is 5.86. The minimum absolute atomic E-state index is 0.429. The predicted octanol–water partition coefficient (Wildman–Crippen LogP) is -2.74. The van der Waals surface area contributed by atoms with Crippen molar-refractivity contribution < 1.29 is 24.9 Å². The Labute approximate surface area is 80.5 Å². The molecule has 14 heavy (non-hydrogen) atoms. The van der Waals surface area contributed by atoms with E-state index in [9.17, 15) is 9.59 Å². The van der Waals surface area contributed by atoms with Crippen LogP contribution in [0.25, 0.3) is 0 Å². The van der Waals surface area contributed by atoms with Gasteiger partial charge in [0.2, 0.25) is 5.91 Å². The SMILES string of the molecule is N[C@@H](CC(=O)O)C(=O)NC(CO)CO. The molecule has 0 aliphatic carbocycles. The molecule has 0 spiro atoms. The van der Waals surface area contributed by atoms with Gasteiger partial charge in [0.1, 0.15) is 0 Å². The van der Waals surface area contributed by atoms with Gasteiger partial charge in [-0.15, -0.1) is 0 Å². The molecule has 6 N–H and O–H groups in total. The first-order valence-electron chi connectivity index (χ1n) is 4.00. The molecule has 1 atom stereocenters. The van der Waals surface area contributed by atoms with Crippen molar-refractivity contribution in [3.8, 4) is 0 Å². The van der Waals surface area contributed by atoms with Crippen LogP contribution in [0.3, 0.4) is 0 Å². The number of hydrogen-bond donors (Lipinski definition) is 5. The van der Waals surface area contributed by atoms with Crippen LogP contribution in [0.15, 0.2) is 0 Å². The number of aliphatic hydroxyl groups is 2. The van der Waals surface area contributed by atoms with Crippen molar-refractivity contribution in [1.82, 2.24) is 5.32 Å². The summed E-state index contributed by atoms with van der Waals surface area (Å²) in [5.41, 5.74) is 5.22. The first-order chi connectivity index (χ1) is 6.51. The lowest BCUT2D eigenvalue weighted by Crippen LogP contribution is -2.48. The third kappa shape index (κ3) is 4.75. The highest BCUT2D eigenvalue weighted by atomic mass is 16.4. The Kier molecular flexibility index (Phi) is 5.77. The Morgan fingerprint density at radius 2 is 1.79 bits per heavy atom. The van der Waals surface area contributed by atoms with E-state index in [0.717, 1.165) is 0 Å². The van der Waals surface area contributed by atoms with Crippen molar-refractivity contribution in [2.45, 2.75) is 18.5 Å². The second-order valence-electron chi connectivity index (χ2n) is 2.78. The van der Waals surface area contributed by atoms with Crippen LogP contribution in [0.1, 0.15) is 6.42 Å². The molecular weight excluding hydrogens is 192 g/mol. The van der Waals surface area contributed by atoms with Gasteiger partial charge in [-0.1, -0.05) is 0 Å². The summed E-state index contributed by atoms with van der Waals surface area (Å²) in [4.78, 5) is 21.3. The van der Waals surface area contributed by atoms with Gasteiger partial charge in [0.15, 0.2) is 0 Å². The number of carbonyl (C=O) groups is 2. The number of hydrogen-bond acceptors (Lipinski definition) is 5. The molecule has 0 heterocycles. The fraction of sp³-hybridized carbons (Fsp3) is 0.714. The zero-order chi connectivity index (χ0) is 11.1. The molecule has 0 aliphatic rings. The standard InChI is InChI=1S/C7H14N2O5/c8-5(1-6(12)13)7(14)9-4(2-10)3-11/h4-5,10-11H,1-3,8H2,(H,9,14)(H,12,13)/t5-/m0/s1. The second kappa shape index (κ2) is 6.30.